The van der Waals surface area contributed by atoms with Crippen LogP contribution in [0.1, 0.15) is 118 Å². The zero-order valence-electron chi connectivity index (χ0n) is 17.6. The fourth-order valence-electron chi connectivity index (χ4n) is 3.76. The number of rotatable bonds is 18. The lowest BCUT2D eigenvalue weighted by Crippen LogP contribution is -3.00. The summed E-state index contributed by atoms with van der Waals surface area (Å²) < 4.78 is 0. The van der Waals surface area contributed by atoms with Crippen LogP contribution in [0.4, 0.5) is 0 Å². The Bertz CT molecular complexity index is 206. The summed E-state index contributed by atoms with van der Waals surface area (Å²) in [7, 11) is -0.627. The molecule has 0 radical (unpaired) electrons. The van der Waals surface area contributed by atoms with Crippen LogP contribution in [0.5, 0.6) is 0 Å². The van der Waals surface area contributed by atoms with E-state index in [9.17, 15) is 0 Å². The summed E-state index contributed by atoms with van der Waals surface area (Å²) in [5, 5.41) is 0. The van der Waals surface area contributed by atoms with Crippen molar-refractivity contribution in [1.29, 1.82) is 0 Å². The maximum atomic E-state index is 2.39. The summed E-state index contributed by atoms with van der Waals surface area (Å²) >= 11 is 0. The summed E-state index contributed by atoms with van der Waals surface area (Å²) in [6.45, 7) is 9.43. The van der Waals surface area contributed by atoms with E-state index in [0.29, 0.717) is 0 Å². The highest BCUT2D eigenvalue weighted by molar-refractivity contribution is 7.75. The minimum Gasteiger partial charge on any atom is -1.00 e. The molecule has 0 unspecified atom stereocenters. The van der Waals surface area contributed by atoms with E-state index in [4.69, 9.17) is 0 Å². The minimum atomic E-state index is -0.627. The molecule has 2 heteroatoms. The second kappa shape index (κ2) is 20.5. The highest BCUT2D eigenvalue weighted by Crippen LogP contribution is 2.61. The molecule has 0 heterocycles. The molecule has 0 nitrogen and oxygen atoms in total. The van der Waals surface area contributed by atoms with E-state index in [1.807, 2.05) is 0 Å². The van der Waals surface area contributed by atoms with Crippen LogP contribution in [0.25, 0.3) is 0 Å². The Kier molecular flexibility index (Phi) is 23.4. The van der Waals surface area contributed by atoms with Crippen molar-refractivity contribution in [1.82, 2.24) is 0 Å². The SMILES string of the molecule is CCCCCCC[P+](CCCC)(CCCC)CCCCCCC.[I-]. The van der Waals surface area contributed by atoms with Gasteiger partial charge in [-0.05, 0) is 38.5 Å². The van der Waals surface area contributed by atoms with Gasteiger partial charge in [-0.1, -0.05) is 79.1 Å². The average Bonchev–Trinajstić information content (AvgIpc) is 2.57. The van der Waals surface area contributed by atoms with E-state index < -0.39 is 7.26 Å². The Morgan fingerprint density at radius 2 is 0.667 bits per heavy atom. The Labute approximate surface area is 173 Å². The molecule has 0 aromatic rings. The predicted molar refractivity (Wildman–Crippen MR) is 114 cm³/mol. The summed E-state index contributed by atoms with van der Waals surface area (Å²) in [6.07, 6.45) is 27.0. The fraction of sp³-hybridized carbons (Fsp3) is 1.00. The third-order valence-electron chi connectivity index (χ3n) is 5.44. The van der Waals surface area contributed by atoms with Gasteiger partial charge in [0, 0.05) is 7.26 Å². The number of unbranched alkanes of at least 4 members (excludes halogenated alkanes) is 10. The summed E-state index contributed by atoms with van der Waals surface area (Å²) in [5.74, 6) is 0. The molecule has 0 bridgehead atoms. The number of hydrogen-bond donors (Lipinski definition) is 0. The monoisotopic (exact) mass is 470 g/mol. The molecular weight excluding hydrogens is 422 g/mol. The fourth-order valence-corrected chi connectivity index (χ4v) is 8.86. The maximum absolute atomic E-state index is 2.39. The summed E-state index contributed by atoms with van der Waals surface area (Å²) in [4.78, 5) is 0. The van der Waals surface area contributed by atoms with Crippen molar-refractivity contribution in [3.8, 4) is 0 Å². The zero-order chi connectivity index (χ0) is 17.2. The molecule has 148 valence electrons. The molecule has 0 N–H and O–H groups in total. The standard InChI is InChI=1S/C22H48P.HI/c1-5-9-13-15-17-21-23(19-11-7-3,20-12-8-4)22-18-16-14-10-6-2;/h5-22H2,1-4H3;1H/q+1;/p-1. The minimum absolute atomic E-state index is 0. The highest BCUT2D eigenvalue weighted by Gasteiger charge is 2.34. The second-order valence-electron chi connectivity index (χ2n) is 7.77. The lowest BCUT2D eigenvalue weighted by atomic mass is 10.2. The lowest BCUT2D eigenvalue weighted by Gasteiger charge is -2.28. The second-order valence-corrected chi connectivity index (χ2v) is 12.2. The van der Waals surface area contributed by atoms with Gasteiger partial charge in [0.15, 0.2) is 0 Å². The zero-order valence-corrected chi connectivity index (χ0v) is 20.6. The molecule has 0 spiro atoms. The van der Waals surface area contributed by atoms with E-state index >= 15 is 0 Å². The molecule has 0 rings (SSSR count). The third-order valence-corrected chi connectivity index (χ3v) is 10.5. The predicted octanol–water partition coefficient (Wildman–Crippen LogP) is 5.55. The normalized spacial score (nSPS) is 11.5. The van der Waals surface area contributed by atoms with Gasteiger partial charge in [0.2, 0.25) is 0 Å². The first-order chi connectivity index (χ1) is 11.2. The van der Waals surface area contributed by atoms with Crippen LogP contribution in [-0.4, -0.2) is 24.6 Å². The van der Waals surface area contributed by atoms with E-state index in [1.165, 1.54) is 89.9 Å². The van der Waals surface area contributed by atoms with Gasteiger partial charge >= 0.3 is 0 Å². The van der Waals surface area contributed by atoms with E-state index in [2.05, 4.69) is 27.7 Å². The summed E-state index contributed by atoms with van der Waals surface area (Å²) in [6, 6.07) is 0. The van der Waals surface area contributed by atoms with Gasteiger partial charge in [-0.3, -0.25) is 0 Å². The van der Waals surface area contributed by atoms with Crippen LogP contribution in [0.15, 0.2) is 0 Å². The topological polar surface area (TPSA) is 0 Å². The Morgan fingerprint density at radius 1 is 0.375 bits per heavy atom. The lowest BCUT2D eigenvalue weighted by molar-refractivity contribution is -0.00000535. The van der Waals surface area contributed by atoms with Crippen molar-refractivity contribution in [2.24, 2.45) is 0 Å². The molecule has 0 aromatic heterocycles. The molecule has 0 aromatic carbocycles. The molecule has 24 heavy (non-hydrogen) atoms. The van der Waals surface area contributed by atoms with E-state index in [-0.39, 0.29) is 24.0 Å². The smallest absolute Gasteiger partial charge is 0.0594 e. The van der Waals surface area contributed by atoms with E-state index in [0.717, 1.165) is 0 Å². The van der Waals surface area contributed by atoms with Crippen LogP contribution < -0.4 is 24.0 Å². The van der Waals surface area contributed by atoms with Crippen LogP contribution in [-0.2, 0) is 0 Å². The summed E-state index contributed by atoms with van der Waals surface area (Å²) in [5.41, 5.74) is 0. The van der Waals surface area contributed by atoms with Gasteiger partial charge in [0.25, 0.3) is 0 Å². The molecule has 0 aliphatic rings. The maximum Gasteiger partial charge on any atom is 0.0594 e. The largest absolute Gasteiger partial charge is 1.00 e. The molecule has 0 aliphatic carbocycles. The Balaban J connectivity index is 0. The Hall–Kier alpha value is 1.16. The molecule has 0 fully saturated rings. The highest BCUT2D eigenvalue weighted by atomic mass is 127. The molecule has 0 amide bonds. The molecule has 0 atom stereocenters. The quantitative estimate of drug-likeness (QED) is 0.140. The first-order valence-electron chi connectivity index (χ1n) is 11.1. The van der Waals surface area contributed by atoms with Gasteiger partial charge in [0.1, 0.15) is 0 Å². The van der Waals surface area contributed by atoms with Gasteiger partial charge in [0.05, 0.1) is 24.6 Å². The molecule has 0 saturated carbocycles. The van der Waals surface area contributed by atoms with Crippen molar-refractivity contribution in [2.75, 3.05) is 24.6 Å². The number of halogens is 1. The van der Waals surface area contributed by atoms with Crippen molar-refractivity contribution >= 4 is 7.26 Å². The van der Waals surface area contributed by atoms with Gasteiger partial charge in [-0.15, -0.1) is 0 Å². The van der Waals surface area contributed by atoms with Crippen LogP contribution >= 0.6 is 7.26 Å². The number of hydrogen-bond acceptors (Lipinski definition) is 0. The first kappa shape index (κ1) is 27.4. The van der Waals surface area contributed by atoms with Crippen molar-refractivity contribution in [3.63, 3.8) is 0 Å². The van der Waals surface area contributed by atoms with Crippen LogP contribution in [0, 0.1) is 0 Å². The molecular formula is C22H48IP. The van der Waals surface area contributed by atoms with Gasteiger partial charge in [-0.2, -0.15) is 0 Å². The Morgan fingerprint density at radius 3 is 1.00 bits per heavy atom. The van der Waals surface area contributed by atoms with Gasteiger partial charge < -0.3 is 24.0 Å². The van der Waals surface area contributed by atoms with Crippen molar-refractivity contribution in [3.05, 3.63) is 0 Å². The third kappa shape index (κ3) is 15.4. The molecule has 0 aliphatic heterocycles. The van der Waals surface area contributed by atoms with Crippen LogP contribution in [0.3, 0.4) is 0 Å². The molecule has 0 saturated heterocycles. The van der Waals surface area contributed by atoms with Crippen molar-refractivity contribution in [2.45, 2.75) is 118 Å². The first-order valence-corrected chi connectivity index (χ1v) is 13.6. The van der Waals surface area contributed by atoms with Crippen LogP contribution in [0.2, 0.25) is 0 Å². The van der Waals surface area contributed by atoms with E-state index in [1.54, 1.807) is 24.6 Å². The van der Waals surface area contributed by atoms with Gasteiger partial charge in [-0.25, -0.2) is 0 Å². The average molecular weight is 471 g/mol. The van der Waals surface area contributed by atoms with Crippen molar-refractivity contribution < 1.29 is 24.0 Å².